The highest BCUT2D eigenvalue weighted by Crippen LogP contribution is 2.33. The molecular weight excluding hydrogens is 460 g/mol. The Hall–Kier alpha value is -3.61. The predicted octanol–water partition coefficient (Wildman–Crippen LogP) is 6.00. The molecule has 0 radical (unpaired) electrons. The van der Waals surface area contributed by atoms with Crippen LogP contribution in [0.5, 0.6) is 5.88 Å². The topological polar surface area (TPSA) is 71.9 Å². The summed E-state index contributed by atoms with van der Waals surface area (Å²) < 4.78 is 0. The number of nitrogens with zero attached hydrogens (tertiary/aromatic N) is 3. The Balaban J connectivity index is 1.67. The van der Waals surface area contributed by atoms with Gasteiger partial charge in [0, 0.05) is 35.1 Å². The van der Waals surface area contributed by atoms with Gasteiger partial charge in [0.1, 0.15) is 0 Å². The molecule has 35 heavy (non-hydrogen) atoms. The van der Waals surface area contributed by atoms with Crippen LogP contribution < -0.4 is 4.90 Å². The van der Waals surface area contributed by atoms with Gasteiger partial charge >= 0.3 is 0 Å². The van der Waals surface area contributed by atoms with E-state index in [1.165, 1.54) is 0 Å². The molecule has 6 nitrogen and oxygen atoms in total. The number of H-pyrrole nitrogens is 1. The number of aromatic amines is 1. The Kier molecular flexibility index (Phi) is 7.54. The zero-order valence-electron chi connectivity index (χ0n) is 20.1. The second kappa shape index (κ2) is 10.8. The summed E-state index contributed by atoms with van der Waals surface area (Å²) in [5.41, 5.74) is 4.38. The Morgan fingerprint density at radius 2 is 1.71 bits per heavy atom. The number of aromatic hydroxyl groups is 1. The molecule has 0 aliphatic heterocycles. The van der Waals surface area contributed by atoms with Crippen LogP contribution in [0.3, 0.4) is 0 Å². The summed E-state index contributed by atoms with van der Waals surface area (Å²) >= 11 is 6.15. The highest BCUT2D eigenvalue weighted by molar-refractivity contribution is 6.31. The maximum Gasteiger partial charge on any atom is 0.226 e. The Bertz CT molecular complexity index is 1340. The van der Waals surface area contributed by atoms with Gasteiger partial charge in [-0.3, -0.25) is 4.79 Å². The van der Waals surface area contributed by atoms with Crippen LogP contribution in [0.4, 0.5) is 11.4 Å². The van der Waals surface area contributed by atoms with Gasteiger partial charge in [0.15, 0.2) is 5.88 Å². The molecule has 1 aromatic heterocycles. The van der Waals surface area contributed by atoms with Crippen LogP contribution in [0.2, 0.25) is 5.02 Å². The molecule has 0 spiro atoms. The van der Waals surface area contributed by atoms with Crippen molar-refractivity contribution in [3.05, 3.63) is 88.9 Å². The fourth-order valence-corrected chi connectivity index (χ4v) is 4.17. The molecule has 1 heterocycles. The van der Waals surface area contributed by atoms with E-state index in [9.17, 15) is 9.90 Å². The number of carbonyl (C=O) groups is 1. The van der Waals surface area contributed by atoms with Gasteiger partial charge in [-0.25, -0.2) is 4.99 Å². The lowest BCUT2D eigenvalue weighted by molar-refractivity contribution is -0.118. The number of hydrogen-bond donors (Lipinski definition) is 2. The first-order valence-electron chi connectivity index (χ1n) is 11.5. The molecule has 0 aliphatic carbocycles. The quantitative estimate of drug-likeness (QED) is 0.299. The molecule has 0 bridgehead atoms. The fraction of sp³-hybridized carbons (Fsp3) is 0.214. The second-order valence-corrected chi connectivity index (χ2v) is 9.18. The van der Waals surface area contributed by atoms with Gasteiger partial charge in [-0.1, -0.05) is 48.0 Å². The summed E-state index contributed by atoms with van der Waals surface area (Å²) in [5, 5.41) is 12.2. The number of hydrogen-bond acceptors (Lipinski definition) is 4. The van der Waals surface area contributed by atoms with Crippen molar-refractivity contribution in [2.75, 3.05) is 32.6 Å². The first-order valence-corrected chi connectivity index (χ1v) is 11.9. The number of aliphatic imine (C=N–C) groups is 1. The van der Waals surface area contributed by atoms with Crippen LogP contribution in [-0.4, -0.2) is 54.3 Å². The molecule has 0 unspecified atom stereocenters. The summed E-state index contributed by atoms with van der Waals surface area (Å²) in [7, 11) is 5.80. The van der Waals surface area contributed by atoms with Crippen molar-refractivity contribution in [2.24, 2.45) is 4.99 Å². The summed E-state index contributed by atoms with van der Waals surface area (Å²) in [4.78, 5) is 24.2. The maximum atomic E-state index is 12.6. The maximum absolute atomic E-state index is 12.6. The van der Waals surface area contributed by atoms with E-state index in [-0.39, 0.29) is 11.8 Å². The van der Waals surface area contributed by atoms with Gasteiger partial charge < -0.3 is 19.9 Å². The van der Waals surface area contributed by atoms with Crippen molar-refractivity contribution in [3.63, 3.8) is 0 Å². The Labute approximate surface area is 210 Å². The van der Waals surface area contributed by atoms with E-state index < -0.39 is 0 Å². The van der Waals surface area contributed by atoms with E-state index in [0.29, 0.717) is 28.4 Å². The third-order valence-corrected chi connectivity index (χ3v) is 6.11. The van der Waals surface area contributed by atoms with Crippen LogP contribution in [0, 0.1) is 0 Å². The van der Waals surface area contributed by atoms with Crippen LogP contribution in [0.15, 0.2) is 77.8 Å². The number of aromatic nitrogens is 1. The lowest BCUT2D eigenvalue weighted by Crippen LogP contribution is -2.27. The normalized spacial score (nSPS) is 11.9. The molecule has 3 aromatic carbocycles. The fourth-order valence-electron chi connectivity index (χ4n) is 3.99. The average Bonchev–Trinajstić information content (AvgIpc) is 3.17. The van der Waals surface area contributed by atoms with Gasteiger partial charge in [0.2, 0.25) is 5.91 Å². The average molecular weight is 489 g/mol. The van der Waals surface area contributed by atoms with Crippen molar-refractivity contribution >= 4 is 45.5 Å². The lowest BCUT2D eigenvalue weighted by Gasteiger charge is -2.18. The van der Waals surface area contributed by atoms with Crippen molar-refractivity contribution in [2.45, 2.75) is 12.8 Å². The Morgan fingerprint density at radius 1 is 1.00 bits per heavy atom. The molecule has 4 rings (SSSR count). The molecule has 2 N–H and O–H groups in total. The molecular formula is C28H29ClN4O2. The molecule has 0 saturated heterocycles. The van der Waals surface area contributed by atoms with Gasteiger partial charge in [-0.2, -0.15) is 0 Å². The molecule has 0 atom stereocenters. The van der Waals surface area contributed by atoms with Crippen LogP contribution in [-0.2, 0) is 4.79 Å². The number of carbonyl (C=O) groups excluding carboxylic acids is 1. The summed E-state index contributed by atoms with van der Waals surface area (Å²) in [6, 6.07) is 22.7. The highest BCUT2D eigenvalue weighted by atomic mass is 35.5. The van der Waals surface area contributed by atoms with E-state index in [1.54, 1.807) is 24.1 Å². The minimum absolute atomic E-state index is 0.0320. The molecule has 0 aliphatic rings. The summed E-state index contributed by atoms with van der Waals surface area (Å²) in [5.74, 6) is 0.111. The smallest absolute Gasteiger partial charge is 0.226 e. The third-order valence-electron chi connectivity index (χ3n) is 5.87. The predicted molar refractivity (Wildman–Crippen MR) is 144 cm³/mol. The van der Waals surface area contributed by atoms with Gasteiger partial charge in [-0.15, -0.1) is 0 Å². The van der Waals surface area contributed by atoms with Crippen molar-refractivity contribution in [1.29, 1.82) is 0 Å². The van der Waals surface area contributed by atoms with E-state index in [4.69, 9.17) is 16.6 Å². The van der Waals surface area contributed by atoms with Crippen LogP contribution >= 0.6 is 11.6 Å². The molecule has 0 fully saturated rings. The zero-order chi connectivity index (χ0) is 24.9. The summed E-state index contributed by atoms with van der Waals surface area (Å²) in [6.45, 7) is 0.877. The highest BCUT2D eigenvalue weighted by Gasteiger charge is 2.19. The first-order chi connectivity index (χ1) is 16.8. The minimum atomic E-state index is 0.0320. The standard InChI is InChI=1S/C28H29ClN4O2/c1-32(2)17-7-10-25(34)33(3)22-14-12-21(13-15-22)30-27(19-8-5-4-6-9-19)26-23-16-11-20(29)18-24(23)31-28(26)35/h4-6,8-9,11-16,18,31,35H,7,10,17H2,1-3H3. The van der Waals surface area contributed by atoms with Gasteiger partial charge in [0.05, 0.1) is 22.5 Å². The number of rotatable bonds is 8. The molecule has 4 aromatic rings. The summed E-state index contributed by atoms with van der Waals surface area (Å²) in [6.07, 6.45) is 1.31. The van der Waals surface area contributed by atoms with Gasteiger partial charge in [0.25, 0.3) is 0 Å². The molecule has 1 amide bonds. The van der Waals surface area contributed by atoms with Crippen LogP contribution in [0.1, 0.15) is 24.0 Å². The van der Waals surface area contributed by atoms with E-state index in [0.717, 1.165) is 35.1 Å². The number of amides is 1. The molecule has 7 heteroatoms. The number of benzene rings is 3. The van der Waals surface area contributed by atoms with Crippen molar-refractivity contribution in [1.82, 2.24) is 9.88 Å². The SMILES string of the molecule is CN(C)CCCC(=O)N(C)c1ccc(N=C(c2ccccc2)c2c(O)[nH]c3cc(Cl)ccc23)cc1. The number of anilines is 1. The van der Waals surface area contributed by atoms with Crippen LogP contribution in [0.25, 0.3) is 10.9 Å². The molecule has 180 valence electrons. The first kappa shape index (κ1) is 24.5. The largest absolute Gasteiger partial charge is 0.494 e. The monoisotopic (exact) mass is 488 g/mol. The third kappa shape index (κ3) is 5.73. The molecule has 0 saturated carbocycles. The van der Waals surface area contributed by atoms with Crippen molar-refractivity contribution in [3.8, 4) is 5.88 Å². The van der Waals surface area contributed by atoms with E-state index in [2.05, 4.69) is 9.88 Å². The van der Waals surface area contributed by atoms with Gasteiger partial charge in [-0.05, 0) is 63.5 Å². The van der Waals surface area contributed by atoms with Crippen molar-refractivity contribution < 1.29 is 9.90 Å². The minimum Gasteiger partial charge on any atom is -0.494 e. The second-order valence-electron chi connectivity index (χ2n) is 8.74. The number of fused-ring (bicyclic) bond motifs is 1. The Morgan fingerprint density at radius 3 is 2.40 bits per heavy atom. The number of nitrogens with one attached hydrogen (secondary N) is 1. The van der Waals surface area contributed by atoms with E-state index in [1.807, 2.05) is 74.8 Å². The lowest BCUT2D eigenvalue weighted by atomic mass is 10.0. The number of halogens is 1. The van der Waals surface area contributed by atoms with E-state index >= 15 is 0 Å². The zero-order valence-corrected chi connectivity index (χ0v) is 20.9.